The standard InChI is InChI=1S/C9H12BrN3O/c10-5-8-7-14-4-3-13(8)9-6-11-1-2-12-9/h1-2,6,8H,3-5,7H2. The summed E-state index contributed by atoms with van der Waals surface area (Å²) in [5, 5.41) is 0.892. The summed E-state index contributed by atoms with van der Waals surface area (Å²) in [6.45, 7) is 2.40. The smallest absolute Gasteiger partial charge is 0.147 e. The van der Waals surface area contributed by atoms with Gasteiger partial charge in [-0.2, -0.15) is 0 Å². The lowest BCUT2D eigenvalue weighted by molar-refractivity contribution is 0.1000. The molecule has 1 saturated heterocycles. The third kappa shape index (κ3) is 2.04. The number of aromatic nitrogens is 2. The topological polar surface area (TPSA) is 38.2 Å². The van der Waals surface area contributed by atoms with E-state index in [9.17, 15) is 0 Å². The van der Waals surface area contributed by atoms with Crippen molar-refractivity contribution in [1.29, 1.82) is 0 Å². The first kappa shape index (κ1) is 9.86. The van der Waals surface area contributed by atoms with Crippen LogP contribution < -0.4 is 4.90 Å². The van der Waals surface area contributed by atoms with Crippen LogP contribution in [0.4, 0.5) is 5.82 Å². The molecule has 4 nitrogen and oxygen atoms in total. The van der Waals surface area contributed by atoms with Gasteiger partial charge in [0.05, 0.1) is 25.5 Å². The number of ether oxygens (including phenoxy) is 1. The Kier molecular flexibility index (Phi) is 3.31. The zero-order chi connectivity index (χ0) is 9.80. The van der Waals surface area contributed by atoms with E-state index in [1.165, 1.54) is 0 Å². The molecule has 1 unspecified atom stereocenters. The molecule has 14 heavy (non-hydrogen) atoms. The first-order valence-corrected chi connectivity index (χ1v) is 5.70. The predicted octanol–water partition coefficient (Wildman–Crippen LogP) is 1.08. The lowest BCUT2D eigenvalue weighted by atomic mass is 10.2. The van der Waals surface area contributed by atoms with Crippen LogP contribution in [0.2, 0.25) is 0 Å². The molecule has 2 heterocycles. The van der Waals surface area contributed by atoms with E-state index in [1.807, 2.05) is 0 Å². The summed E-state index contributed by atoms with van der Waals surface area (Å²) in [7, 11) is 0. The lowest BCUT2D eigenvalue weighted by Gasteiger charge is -2.35. The monoisotopic (exact) mass is 257 g/mol. The number of rotatable bonds is 2. The van der Waals surface area contributed by atoms with Crippen LogP contribution in [-0.2, 0) is 4.74 Å². The minimum atomic E-state index is 0.362. The highest BCUT2D eigenvalue weighted by Gasteiger charge is 2.22. The Bertz CT molecular complexity index is 283. The number of alkyl halides is 1. The molecule has 0 aliphatic carbocycles. The van der Waals surface area contributed by atoms with Crippen LogP contribution in [0.5, 0.6) is 0 Å². The average molecular weight is 258 g/mol. The SMILES string of the molecule is BrCC1COCCN1c1cnccn1. The maximum atomic E-state index is 5.40. The second-order valence-electron chi connectivity index (χ2n) is 3.14. The molecule has 0 amide bonds. The molecule has 1 aliphatic heterocycles. The van der Waals surface area contributed by atoms with Gasteiger partial charge in [0.15, 0.2) is 0 Å². The fraction of sp³-hybridized carbons (Fsp3) is 0.556. The highest BCUT2D eigenvalue weighted by atomic mass is 79.9. The van der Waals surface area contributed by atoms with Gasteiger partial charge in [0.25, 0.3) is 0 Å². The molecule has 5 heteroatoms. The molecule has 0 saturated carbocycles. The summed E-state index contributed by atoms with van der Waals surface area (Å²) in [6.07, 6.45) is 5.20. The van der Waals surface area contributed by atoms with E-state index < -0.39 is 0 Å². The maximum absolute atomic E-state index is 5.40. The van der Waals surface area contributed by atoms with Crippen LogP contribution in [0.25, 0.3) is 0 Å². The third-order valence-corrected chi connectivity index (χ3v) is 3.00. The van der Waals surface area contributed by atoms with Crippen LogP contribution in [0, 0.1) is 0 Å². The van der Waals surface area contributed by atoms with E-state index in [0.29, 0.717) is 6.04 Å². The molecule has 2 rings (SSSR count). The quantitative estimate of drug-likeness (QED) is 0.744. The van der Waals surface area contributed by atoms with Gasteiger partial charge in [0.2, 0.25) is 0 Å². The van der Waals surface area contributed by atoms with Crippen LogP contribution in [0.3, 0.4) is 0 Å². The summed E-state index contributed by atoms with van der Waals surface area (Å²) in [4.78, 5) is 10.6. The average Bonchev–Trinajstić information content (AvgIpc) is 2.30. The normalized spacial score (nSPS) is 22.4. The second-order valence-corrected chi connectivity index (χ2v) is 3.79. The predicted molar refractivity (Wildman–Crippen MR) is 57.8 cm³/mol. The molecule has 0 bridgehead atoms. The summed E-state index contributed by atoms with van der Waals surface area (Å²) >= 11 is 3.48. The van der Waals surface area contributed by atoms with Crippen molar-refractivity contribution in [3.05, 3.63) is 18.6 Å². The Labute approximate surface area is 91.4 Å². The van der Waals surface area contributed by atoms with E-state index in [1.54, 1.807) is 18.6 Å². The van der Waals surface area contributed by atoms with Crippen LogP contribution in [0.1, 0.15) is 0 Å². The largest absolute Gasteiger partial charge is 0.377 e. The Morgan fingerprint density at radius 1 is 1.57 bits per heavy atom. The van der Waals surface area contributed by atoms with Crippen molar-refractivity contribution in [2.24, 2.45) is 0 Å². The molecule has 0 spiro atoms. The minimum Gasteiger partial charge on any atom is -0.377 e. The first-order chi connectivity index (χ1) is 6.92. The minimum absolute atomic E-state index is 0.362. The number of nitrogens with zero attached hydrogens (tertiary/aromatic N) is 3. The van der Waals surface area contributed by atoms with E-state index in [-0.39, 0.29) is 0 Å². The Morgan fingerprint density at radius 2 is 2.50 bits per heavy atom. The molecule has 0 aromatic carbocycles. The van der Waals surface area contributed by atoms with Gasteiger partial charge in [-0.25, -0.2) is 4.98 Å². The number of halogens is 1. The summed E-state index contributed by atoms with van der Waals surface area (Å²) in [5.41, 5.74) is 0. The second kappa shape index (κ2) is 4.70. The highest BCUT2D eigenvalue weighted by Crippen LogP contribution is 2.16. The van der Waals surface area contributed by atoms with Crippen LogP contribution >= 0.6 is 15.9 Å². The fourth-order valence-electron chi connectivity index (χ4n) is 1.52. The van der Waals surface area contributed by atoms with Gasteiger partial charge in [-0.3, -0.25) is 4.98 Å². The van der Waals surface area contributed by atoms with Gasteiger partial charge in [-0.15, -0.1) is 0 Å². The molecule has 1 aromatic rings. The molecule has 0 radical (unpaired) electrons. The Morgan fingerprint density at radius 3 is 3.21 bits per heavy atom. The van der Waals surface area contributed by atoms with Crippen molar-refractivity contribution in [3.63, 3.8) is 0 Å². The molecule has 0 N–H and O–H groups in total. The van der Waals surface area contributed by atoms with E-state index in [2.05, 4.69) is 30.8 Å². The molecule has 1 aromatic heterocycles. The first-order valence-electron chi connectivity index (χ1n) is 4.58. The Balaban J connectivity index is 2.15. The molecule has 1 aliphatic rings. The van der Waals surface area contributed by atoms with Crippen molar-refractivity contribution in [1.82, 2.24) is 9.97 Å². The summed E-state index contributed by atoms with van der Waals surface area (Å²) in [6, 6.07) is 0.362. The number of hydrogen-bond acceptors (Lipinski definition) is 4. The molecule has 1 atom stereocenters. The van der Waals surface area contributed by atoms with Gasteiger partial charge in [-0.05, 0) is 0 Å². The van der Waals surface area contributed by atoms with Gasteiger partial charge >= 0.3 is 0 Å². The lowest BCUT2D eigenvalue weighted by Crippen LogP contribution is -2.47. The van der Waals surface area contributed by atoms with Gasteiger partial charge < -0.3 is 9.64 Å². The molecule has 76 valence electrons. The highest BCUT2D eigenvalue weighted by molar-refractivity contribution is 9.09. The van der Waals surface area contributed by atoms with Crippen LogP contribution in [0.15, 0.2) is 18.6 Å². The van der Waals surface area contributed by atoms with Gasteiger partial charge in [0.1, 0.15) is 5.82 Å². The fourth-order valence-corrected chi connectivity index (χ4v) is 2.06. The number of hydrogen-bond donors (Lipinski definition) is 0. The van der Waals surface area contributed by atoms with Crippen molar-refractivity contribution in [3.8, 4) is 0 Å². The number of anilines is 1. The Hall–Kier alpha value is -0.680. The zero-order valence-corrected chi connectivity index (χ0v) is 9.35. The summed E-state index contributed by atoms with van der Waals surface area (Å²) in [5.74, 6) is 0.931. The summed E-state index contributed by atoms with van der Waals surface area (Å²) < 4.78 is 5.40. The van der Waals surface area contributed by atoms with E-state index >= 15 is 0 Å². The molecule has 1 fully saturated rings. The van der Waals surface area contributed by atoms with Gasteiger partial charge in [-0.1, -0.05) is 15.9 Å². The van der Waals surface area contributed by atoms with Crippen molar-refractivity contribution in [2.45, 2.75) is 6.04 Å². The maximum Gasteiger partial charge on any atom is 0.147 e. The van der Waals surface area contributed by atoms with Crippen molar-refractivity contribution in [2.75, 3.05) is 30.0 Å². The third-order valence-electron chi connectivity index (χ3n) is 2.25. The van der Waals surface area contributed by atoms with Crippen LogP contribution in [-0.4, -0.2) is 41.1 Å². The van der Waals surface area contributed by atoms with Gasteiger partial charge in [0, 0.05) is 24.3 Å². The molecular weight excluding hydrogens is 246 g/mol. The van der Waals surface area contributed by atoms with Crippen molar-refractivity contribution < 1.29 is 4.74 Å². The zero-order valence-electron chi connectivity index (χ0n) is 7.77. The van der Waals surface area contributed by atoms with E-state index in [4.69, 9.17) is 4.74 Å². The number of morpholine rings is 1. The van der Waals surface area contributed by atoms with Crippen molar-refractivity contribution >= 4 is 21.7 Å². The molecular formula is C9H12BrN3O. The van der Waals surface area contributed by atoms with E-state index in [0.717, 1.165) is 30.9 Å².